The summed E-state index contributed by atoms with van der Waals surface area (Å²) in [6.07, 6.45) is 0.0951. The van der Waals surface area contributed by atoms with Gasteiger partial charge in [-0.2, -0.15) is 0 Å². The molecule has 0 aromatic heterocycles. The Balaban J connectivity index is 2.27. The second kappa shape index (κ2) is 6.33. The van der Waals surface area contributed by atoms with Crippen LogP contribution in [0.3, 0.4) is 0 Å². The molecular formula is C15H20FNO3. The van der Waals surface area contributed by atoms with Crippen LogP contribution in [0, 0.1) is 5.82 Å². The van der Waals surface area contributed by atoms with E-state index in [9.17, 15) is 9.18 Å². The zero-order valence-corrected chi connectivity index (χ0v) is 12.0. The van der Waals surface area contributed by atoms with E-state index in [0.717, 1.165) is 5.56 Å². The molecule has 0 N–H and O–H groups in total. The van der Waals surface area contributed by atoms with Crippen molar-refractivity contribution in [1.82, 2.24) is 4.90 Å². The van der Waals surface area contributed by atoms with Crippen LogP contribution in [0.4, 0.5) is 4.39 Å². The zero-order chi connectivity index (χ0) is 14.7. The number of carbonyl (C=O) groups is 1. The third kappa shape index (κ3) is 3.35. The van der Waals surface area contributed by atoms with Gasteiger partial charge in [0.25, 0.3) is 0 Å². The molecule has 1 aromatic rings. The van der Waals surface area contributed by atoms with Gasteiger partial charge in [-0.3, -0.25) is 4.90 Å². The molecule has 0 unspecified atom stereocenters. The Morgan fingerprint density at radius 2 is 1.85 bits per heavy atom. The number of hydrogen-bond acceptors (Lipinski definition) is 4. The van der Waals surface area contributed by atoms with Crippen LogP contribution in [-0.2, 0) is 14.3 Å². The normalized spacial score (nSPS) is 25.2. The van der Waals surface area contributed by atoms with Gasteiger partial charge in [0, 0.05) is 13.1 Å². The predicted octanol–water partition coefficient (Wildman–Crippen LogP) is 2.15. The molecule has 0 aliphatic carbocycles. The van der Waals surface area contributed by atoms with Crippen molar-refractivity contribution in [1.29, 1.82) is 0 Å². The lowest BCUT2D eigenvalue weighted by Gasteiger charge is -2.39. The van der Waals surface area contributed by atoms with Gasteiger partial charge in [-0.25, -0.2) is 9.18 Å². The van der Waals surface area contributed by atoms with Crippen LogP contribution in [-0.4, -0.2) is 43.3 Å². The summed E-state index contributed by atoms with van der Waals surface area (Å²) >= 11 is 0. The van der Waals surface area contributed by atoms with Crippen molar-refractivity contribution in [2.45, 2.75) is 32.1 Å². The smallest absolute Gasteiger partial charge is 0.327 e. The highest BCUT2D eigenvalue weighted by atomic mass is 19.1. The van der Waals surface area contributed by atoms with Gasteiger partial charge in [0.15, 0.2) is 0 Å². The number of nitrogens with zero attached hydrogens (tertiary/aromatic N) is 1. The average molecular weight is 281 g/mol. The van der Waals surface area contributed by atoms with Gasteiger partial charge < -0.3 is 9.47 Å². The quantitative estimate of drug-likeness (QED) is 0.796. The number of halogens is 1. The highest BCUT2D eigenvalue weighted by molar-refractivity contribution is 5.77. The minimum atomic E-state index is -0.519. The van der Waals surface area contributed by atoms with Gasteiger partial charge in [0.1, 0.15) is 11.9 Å². The van der Waals surface area contributed by atoms with Crippen LogP contribution in [0.1, 0.15) is 25.5 Å². The lowest BCUT2D eigenvalue weighted by Crippen LogP contribution is -2.49. The number of methoxy groups -OCH3 is 1. The van der Waals surface area contributed by atoms with Crippen molar-refractivity contribution in [2.75, 3.05) is 20.2 Å². The molecule has 20 heavy (non-hydrogen) atoms. The van der Waals surface area contributed by atoms with Crippen molar-refractivity contribution in [3.05, 3.63) is 35.6 Å². The van der Waals surface area contributed by atoms with E-state index in [0.29, 0.717) is 13.1 Å². The molecule has 1 heterocycles. The van der Waals surface area contributed by atoms with Crippen LogP contribution >= 0.6 is 0 Å². The monoisotopic (exact) mass is 281 g/mol. The number of esters is 1. The van der Waals surface area contributed by atoms with E-state index >= 15 is 0 Å². The Morgan fingerprint density at radius 1 is 1.30 bits per heavy atom. The lowest BCUT2D eigenvalue weighted by atomic mass is 10.0. The first kappa shape index (κ1) is 14.9. The summed E-state index contributed by atoms with van der Waals surface area (Å²) in [5.41, 5.74) is 0.736. The topological polar surface area (TPSA) is 38.8 Å². The van der Waals surface area contributed by atoms with Crippen LogP contribution < -0.4 is 0 Å². The Bertz CT molecular complexity index is 453. The molecule has 1 aliphatic rings. The maximum Gasteiger partial charge on any atom is 0.327 e. The molecule has 1 saturated heterocycles. The second-order valence-corrected chi connectivity index (χ2v) is 5.19. The molecule has 0 bridgehead atoms. The van der Waals surface area contributed by atoms with E-state index in [1.54, 1.807) is 12.1 Å². The SMILES string of the molecule is COC(=O)[C@@H](c1ccc(F)cc1)N1C[C@@H](C)O[C@@H](C)C1. The Morgan fingerprint density at radius 3 is 2.35 bits per heavy atom. The Kier molecular flexibility index (Phi) is 4.73. The molecular weight excluding hydrogens is 261 g/mol. The van der Waals surface area contributed by atoms with E-state index in [1.165, 1.54) is 19.2 Å². The maximum atomic E-state index is 13.0. The second-order valence-electron chi connectivity index (χ2n) is 5.19. The van der Waals surface area contributed by atoms with E-state index in [2.05, 4.69) is 0 Å². The molecule has 110 valence electrons. The molecule has 1 aromatic carbocycles. The summed E-state index contributed by atoms with van der Waals surface area (Å²) in [7, 11) is 1.37. The van der Waals surface area contributed by atoms with Crippen molar-refractivity contribution in [2.24, 2.45) is 0 Å². The number of ether oxygens (including phenoxy) is 2. The molecule has 0 saturated carbocycles. The minimum Gasteiger partial charge on any atom is -0.468 e. The summed E-state index contributed by atoms with van der Waals surface area (Å²) in [5, 5.41) is 0. The zero-order valence-electron chi connectivity index (χ0n) is 12.0. The summed E-state index contributed by atoms with van der Waals surface area (Å²) in [6, 6.07) is 5.45. The van der Waals surface area contributed by atoms with Crippen molar-refractivity contribution in [3.8, 4) is 0 Å². The van der Waals surface area contributed by atoms with E-state index < -0.39 is 6.04 Å². The molecule has 2 rings (SSSR count). The summed E-state index contributed by atoms with van der Waals surface area (Å²) in [4.78, 5) is 14.1. The molecule has 0 spiro atoms. The maximum absolute atomic E-state index is 13.0. The lowest BCUT2D eigenvalue weighted by molar-refractivity contribution is -0.152. The predicted molar refractivity (Wildman–Crippen MR) is 72.7 cm³/mol. The van der Waals surface area contributed by atoms with Crippen LogP contribution in [0.5, 0.6) is 0 Å². The largest absolute Gasteiger partial charge is 0.468 e. The molecule has 5 heteroatoms. The third-order valence-electron chi connectivity index (χ3n) is 3.42. The summed E-state index contributed by atoms with van der Waals surface area (Å²) < 4.78 is 23.6. The number of benzene rings is 1. The fraction of sp³-hybridized carbons (Fsp3) is 0.533. The minimum absolute atomic E-state index is 0.0476. The Hall–Kier alpha value is -1.46. The Labute approximate surface area is 118 Å². The molecule has 1 aliphatic heterocycles. The number of morpholine rings is 1. The number of hydrogen-bond donors (Lipinski definition) is 0. The highest BCUT2D eigenvalue weighted by Crippen LogP contribution is 2.26. The highest BCUT2D eigenvalue weighted by Gasteiger charge is 2.33. The van der Waals surface area contributed by atoms with Gasteiger partial charge in [-0.1, -0.05) is 12.1 Å². The van der Waals surface area contributed by atoms with Crippen LogP contribution in [0.2, 0.25) is 0 Å². The summed E-state index contributed by atoms with van der Waals surface area (Å²) in [5.74, 6) is -0.654. The molecule has 3 atom stereocenters. The molecule has 0 amide bonds. The van der Waals surface area contributed by atoms with Gasteiger partial charge in [0.05, 0.1) is 19.3 Å². The summed E-state index contributed by atoms with van der Waals surface area (Å²) in [6.45, 7) is 5.23. The number of carbonyl (C=O) groups excluding carboxylic acids is 1. The van der Waals surface area contributed by atoms with Gasteiger partial charge >= 0.3 is 5.97 Å². The standard InChI is InChI=1S/C15H20FNO3/c1-10-8-17(9-11(2)20-10)14(15(18)19-3)12-4-6-13(16)7-5-12/h4-7,10-11,14H,8-9H2,1-3H3/t10-,11+,14-/m1/s1. The van der Waals surface area contributed by atoms with Crippen LogP contribution in [0.25, 0.3) is 0 Å². The molecule has 0 radical (unpaired) electrons. The fourth-order valence-electron chi connectivity index (χ4n) is 2.68. The molecule has 4 nitrogen and oxygen atoms in total. The van der Waals surface area contributed by atoms with Gasteiger partial charge in [0.2, 0.25) is 0 Å². The van der Waals surface area contributed by atoms with E-state index in [4.69, 9.17) is 9.47 Å². The fourth-order valence-corrected chi connectivity index (χ4v) is 2.68. The van der Waals surface area contributed by atoms with Gasteiger partial charge in [-0.15, -0.1) is 0 Å². The third-order valence-corrected chi connectivity index (χ3v) is 3.42. The first-order valence-electron chi connectivity index (χ1n) is 6.74. The van der Waals surface area contributed by atoms with Crippen molar-refractivity contribution < 1.29 is 18.7 Å². The van der Waals surface area contributed by atoms with Crippen LogP contribution in [0.15, 0.2) is 24.3 Å². The van der Waals surface area contributed by atoms with Crippen molar-refractivity contribution in [3.63, 3.8) is 0 Å². The van der Waals surface area contributed by atoms with E-state index in [1.807, 2.05) is 18.7 Å². The van der Waals surface area contributed by atoms with E-state index in [-0.39, 0.29) is 24.0 Å². The number of rotatable bonds is 3. The van der Waals surface area contributed by atoms with Crippen molar-refractivity contribution >= 4 is 5.97 Å². The molecule has 1 fully saturated rings. The first-order valence-corrected chi connectivity index (χ1v) is 6.74. The average Bonchev–Trinajstić information content (AvgIpc) is 2.40. The first-order chi connectivity index (χ1) is 9.51. The van der Waals surface area contributed by atoms with Gasteiger partial charge in [-0.05, 0) is 31.5 Å².